The van der Waals surface area contributed by atoms with Crippen molar-refractivity contribution in [3.8, 4) is 16.9 Å². The van der Waals surface area contributed by atoms with Gasteiger partial charge in [0, 0.05) is 12.1 Å². The summed E-state index contributed by atoms with van der Waals surface area (Å²) in [4.78, 5) is 12.4. The Hall–Kier alpha value is -3.10. The molecule has 4 bridgehead atoms. The predicted molar refractivity (Wildman–Crippen MR) is 127 cm³/mol. The van der Waals surface area contributed by atoms with Crippen molar-refractivity contribution in [3.63, 3.8) is 0 Å². The minimum absolute atomic E-state index is 0.0194. The molecule has 1 aliphatic carbocycles. The van der Waals surface area contributed by atoms with Gasteiger partial charge in [-0.2, -0.15) is 0 Å². The number of ether oxygens (including phenoxy) is 2. The van der Waals surface area contributed by atoms with E-state index in [1.54, 1.807) is 18.2 Å². The fraction of sp³-hybridized carbons (Fsp3) is 0.240. The number of benzene rings is 3. The Kier molecular flexibility index (Phi) is 5.73. The van der Waals surface area contributed by atoms with Crippen LogP contribution in [-0.2, 0) is 21.2 Å². The van der Waals surface area contributed by atoms with Crippen molar-refractivity contribution in [2.45, 2.75) is 30.1 Å². The number of cyclic esters (lactones) is 1. The topological polar surface area (TPSA) is 81.7 Å². The van der Waals surface area contributed by atoms with E-state index < -0.39 is 21.8 Å². The van der Waals surface area contributed by atoms with Crippen LogP contribution in [0.25, 0.3) is 11.1 Å². The molecule has 0 spiro atoms. The lowest BCUT2D eigenvalue weighted by Gasteiger charge is -2.18. The summed E-state index contributed by atoms with van der Waals surface area (Å²) in [6, 6.07) is 12.4. The minimum Gasteiger partial charge on any atom is -0.494 e. The zero-order chi connectivity index (χ0) is 24.0. The summed E-state index contributed by atoms with van der Waals surface area (Å²) < 4.78 is 54.1. The molecule has 2 aliphatic rings. The Labute approximate surface area is 201 Å². The molecule has 1 N–H and O–H groups in total. The van der Waals surface area contributed by atoms with Gasteiger partial charge < -0.3 is 9.47 Å². The van der Waals surface area contributed by atoms with Crippen LogP contribution in [-0.4, -0.2) is 28.1 Å². The van der Waals surface area contributed by atoms with Crippen LogP contribution in [0.3, 0.4) is 0 Å². The van der Waals surface area contributed by atoms with Gasteiger partial charge in [0.05, 0.1) is 24.3 Å². The normalized spacial score (nSPS) is 17.1. The molecule has 1 saturated carbocycles. The van der Waals surface area contributed by atoms with Crippen LogP contribution < -0.4 is 9.46 Å². The van der Waals surface area contributed by atoms with E-state index in [9.17, 15) is 17.6 Å². The molecule has 0 aromatic heterocycles. The summed E-state index contributed by atoms with van der Waals surface area (Å²) in [5.41, 5.74) is 3.48. The summed E-state index contributed by atoms with van der Waals surface area (Å²) in [5, 5.41) is -0.0377. The molecular weight excluding hydrogens is 481 g/mol. The Balaban J connectivity index is 1.72. The van der Waals surface area contributed by atoms with Crippen molar-refractivity contribution in [3.05, 3.63) is 76.1 Å². The highest BCUT2D eigenvalue weighted by Gasteiger charge is 2.28. The van der Waals surface area contributed by atoms with Crippen molar-refractivity contribution in [1.29, 1.82) is 0 Å². The molecule has 0 radical (unpaired) electrons. The summed E-state index contributed by atoms with van der Waals surface area (Å²) in [5.74, 6) is -0.876. The maximum Gasteiger partial charge on any atom is 0.338 e. The second-order valence-corrected chi connectivity index (χ2v) is 10.5. The van der Waals surface area contributed by atoms with Crippen molar-refractivity contribution in [2.75, 3.05) is 18.4 Å². The van der Waals surface area contributed by atoms with Crippen molar-refractivity contribution in [2.24, 2.45) is 0 Å². The quantitative estimate of drug-likeness (QED) is 0.466. The van der Waals surface area contributed by atoms with E-state index in [0.29, 0.717) is 17.2 Å². The third-order valence-electron chi connectivity index (χ3n) is 5.98. The van der Waals surface area contributed by atoms with E-state index in [4.69, 9.17) is 21.1 Å². The second kappa shape index (κ2) is 8.60. The molecule has 1 fully saturated rings. The van der Waals surface area contributed by atoms with Gasteiger partial charge in [0.2, 0.25) is 0 Å². The smallest absolute Gasteiger partial charge is 0.338 e. The Morgan fingerprint density at radius 2 is 1.88 bits per heavy atom. The van der Waals surface area contributed by atoms with Gasteiger partial charge in [0.25, 0.3) is 10.0 Å². The van der Waals surface area contributed by atoms with Crippen molar-refractivity contribution in [1.82, 2.24) is 0 Å². The Bertz CT molecular complexity index is 1420. The number of nitrogens with one attached hydrogen (secondary N) is 1. The van der Waals surface area contributed by atoms with Gasteiger partial charge in [-0.3, -0.25) is 4.72 Å². The van der Waals surface area contributed by atoms with Gasteiger partial charge in [0.1, 0.15) is 10.7 Å². The highest BCUT2D eigenvalue weighted by atomic mass is 35.5. The van der Waals surface area contributed by atoms with Crippen molar-refractivity contribution >= 4 is 33.3 Å². The molecular formula is C25H21ClFNO5S. The van der Waals surface area contributed by atoms with E-state index in [1.807, 2.05) is 6.07 Å². The lowest BCUT2D eigenvalue weighted by atomic mass is 9.95. The van der Waals surface area contributed by atoms with Gasteiger partial charge in [-0.05, 0) is 77.4 Å². The van der Waals surface area contributed by atoms with E-state index in [-0.39, 0.29) is 34.3 Å². The first kappa shape index (κ1) is 22.7. The Morgan fingerprint density at radius 1 is 1.09 bits per heavy atom. The number of carbonyl (C=O) groups excluding carboxylic acids is 1. The summed E-state index contributed by atoms with van der Waals surface area (Å²) in [6.45, 7) is -0.0194. The van der Waals surface area contributed by atoms with Crippen LogP contribution in [0, 0.1) is 5.82 Å². The average molecular weight is 502 g/mol. The first-order valence-corrected chi connectivity index (χ1v) is 12.6. The molecule has 3 aromatic carbocycles. The van der Waals surface area contributed by atoms with E-state index in [0.717, 1.165) is 29.5 Å². The lowest BCUT2D eigenvalue weighted by Crippen LogP contribution is -2.17. The minimum atomic E-state index is -4.19. The number of fused-ring (bicyclic) bond motifs is 6. The molecule has 9 heteroatoms. The van der Waals surface area contributed by atoms with E-state index in [1.165, 1.54) is 31.4 Å². The summed E-state index contributed by atoms with van der Waals surface area (Å²) in [7, 11) is -2.89. The first-order valence-electron chi connectivity index (χ1n) is 10.8. The third-order valence-corrected chi connectivity index (χ3v) is 7.65. The van der Waals surface area contributed by atoms with Crippen LogP contribution in [0.1, 0.15) is 40.2 Å². The fourth-order valence-electron chi connectivity index (χ4n) is 4.20. The Morgan fingerprint density at radius 3 is 2.62 bits per heavy atom. The second-order valence-electron chi connectivity index (χ2n) is 8.40. The first-order chi connectivity index (χ1) is 16.2. The number of hydrogen-bond donors (Lipinski definition) is 1. The van der Waals surface area contributed by atoms with Gasteiger partial charge in [0.15, 0.2) is 5.75 Å². The number of methoxy groups -OCH3 is 1. The molecule has 3 aromatic rings. The molecule has 5 rings (SSSR count). The lowest BCUT2D eigenvalue weighted by molar-refractivity contribution is 0.0509. The number of sulfonamides is 1. The SMILES string of the molecule is COc1c(Cl)cc2cc1S(=O)(=O)Nc1cc(cc(C3CC3)c1)-c1ccc(F)cc1CCOC2=O. The van der Waals surface area contributed by atoms with Crippen LogP contribution >= 0.6 is 11.6 Å². The molecule has 0 atom stereocenters. The third kappa shape index (κ3) is 4.35. The molecule has 34 heavy (non-hydrogen) atoms. The zero-order valence-corrected chi connectivity index (χ0v) is 19.8. The summed E-state index contributed by atoms with van der Waals surface area (Å²) in [6.07, 6.45) is 2.32. The van der Waals surface area contributed by atoms with Gasteiger partial charge in [-0.25, -0.2) is 17.6 Å². The highest BCUT2D eigenvalue weighted by Crippen LogP contribution is 2.43. The maximum atomic E-state index is 14.1. The standard InChI is InChI=1S/C25H21ClFNO5S/c1-32-24-22(26)12-18-13-23(24)34(30,31)28-20-10-16(14-2-3-14)8-17(11-20)21-5-4-19(27)9-15(21)6-7-33-25(18)29/h4-5,8-14,28H,2-3,6-7H2,1H3. The average Bonchev–Trinajstić information content (AvgIpc) is 3.63. The van der Waals surface area contributed by atoms with Gasteiger partial charge >= 0.3 is 5.97 Å². The van der Waals surface area contributed by atoms with Crippen LogP contribution in [0.5, 0.6) is 5.75 Å². The molecule has 1 aliphatic heterocycles. The van der Waals surface area contributed by atoms with E-state index >= 15 is 0 Å². The molecule has 0 saturated heterocycles. The zero-order valence-electron chi connectivity index (χ0n) is 18.2. The maximum absolute atomic E-state index is 14.1. The molecule has 1 heterocycles. The number of anilines is 1. The number of halogens is 2. The molecule has 0 unspecified atom stereocenters. The largest absolute Gasteiger partial charge is 0.494 e. The van der Waals surface area contributed by atoms with Crippen LogP contribution in [0.15, 0.2) is 53.4 Å². The number of esters is 1. The van der Waals surface area contributed by atoms with Crippen LogP contribution in [0.4, 0.5) is 10.1 Å². The highest BCUT2D eigenvalue weighted by molar-refractivity contribution is 7.92. The predicted octanol–water partition coefficient (Wildman–Crippen LogP) is 5.55. The van der Waals surface area contributed by atoms with E-state index in [2.05, 4.69) is 4.72 Å². The molecule has 176 valence electrons. The van der Waals surface area contributed by atoms with Crippen molar-refractivity contribution < 1.29 is 27.1 Å². The number of carbonyl (C=O) groups is 1. The molecule has 0 amide bonds. The number of rotatable bonds is 2. The summed E-state index contributed by atoms with van der Waals surface area (Å²) >= 11 is 6.25. The monoisotopic (exact) mass is 501 g/mol. The van der Waals surface area contributed by atoms with Gasteiger partial charge in [-0.1, -0.05) is 23.7 Å². The molecule has 6 nitrogen and oxygen atoms in total. The number of hydrogen-bond acceptors (Lipinski definition) is 5. The fourth-order valence-corrected chi connectivity index (χ4v) is 5.81. The van der Waals surface area contributed by atoms with Crippen LogP contribution in [0.2, 0.25) is 5.02 Å². The van der Waals surface area contributed by atoms with Gasteiger partial charge in [-0.15, -0.1) is 0 Å².